The van der Waals surface area contributed by atoms with Crippen LogP contribution >= 0.6 is 15.9 Å². The van der Waals surface area contributed by atoms with Gasteiger partial charge >= 0.3 is 0 Å². The largest absolute Gasteiger partial charge is 0.349 e. The predicted octanol–water partition coefficient (Wildman–Crippen LogP) is 5.85. The summed E-state index contributed by atoms with van der Waals surface area (Å²) < 4.78 is 0.876. The third-order valence-corrected chi connectivity index (χ3v) is 5.25. The topological polar surface area (TPSA) is 29.1 Å². The van der Waals surface area contributed by atoms with Gasteiger partial charge in [-0.1, -0.05) is 69.9 Å². The molecule has 22 heavy (non-hydrogen) atoms. The molecule has 0 bridgehead atoms. The fraction of sp³-hybridized carbons (Fsp3) is 0.632. The Kier molecular flexibility index (Phi) is 8.00. The van der Waals surface area contributed by atoms with Crippen LogP contribution in [0.4, 0.5) is 0 Å². The molecule has 2 nitrogen and oxygen atoms in total. The van der Waals surface area contributed by atoms with Crippen LogP contribution < -0.4 is 5.32 Å². The summed E-state index contributed by atoms with van der Waals surface area (Å²) in [5.41, 5.74) is 0.744. The number of benzene rings is 1. The number of carbonyl (C=O) groups excluding carboxylic acids is 1. The standard InChI is InChI=1S/C19H28BrNO/c20-18-15-11-10-14-17(18)19(22)21-16-12-8-6-4-2-1-3-5-7-9-13-16/h10-11,14-16H,1-9,12-13H2,(H,21,22). The first kappa shape index (κ1) is 17.5. The van der Waals surface area contributed by atoms with E-state index >= 15 is 0 Å². The molecule has 0 atom stereocenters. The highest BCUT2D eigenvalue weighted by atomic mass is 79.9. The van der Waals surface area contributed by atoms with Crippen molar-refractivity contribution in [1.82, 2.24) is 5.32 Å². The number of halogens is 1. The zero-order valence-corrected chi connectivity index (χ0v) is 15.0. The van der Waals surface area contributed by atoms with Gasteiger partial charge in [-0.3, -0.25) is 4.79 Å². The van der Waals surface area contributed by atoms with Gasteiger partial charge in [-0.25, -0.2) is 0 Å². The van der Waals surface area contributed by atoms with Gasteiger partial charge in [0.25, 0.3) is 5.91 Å². The van der Waals surface area contributed by atoms with Crippen molar-refractivity contribution in [2.24, 2.45) is 0 Å². The molecule has 1 amide bonds. The molecule has 0 saturated heterocycles. The van der Waals surface area contributed by atoms with E-state index in [1.165, 1.54) is 57.8 Å². The molecule has 2 rings (SSSR count). The fourth-order valence-electron chi connectivity index (χ4n) is 3.22. The van der Waals surface area contributed by atoms with Crippen LogP contribution in [0.15, 0.2) is 28.7 Å². The highest BCUT2D eigenvalue weighted by Gasteiger charge is 2.15. The maximum atomic E-state index is 12.5. The second kappa shape index (κ2) is 10.0. The molecule has 0 unspecified atom stereocenters. The van der Waals surface area contributed by atoms with Gasteiger partial charge in [-0.2, -0.15) is 0 Å². The number of rotatable bonds is 2. The molecular weight excluding hydrogens is 338 g/mol. The lowest BCUT2D eigenvalue weighted by Gasteiger charge is -2.20. The molecule has 3 heteroatoms. The summed E-state index contributed by atoms with van der Waals surface area (Å²) >= 11 is 3.47. The van der Waals surface area contributed by atoms with Crippen LogP contribution in [0, 0.1) is 0 Å². The van der Waals surface area contributed by atoms with Crippen molar-refractivity contribution < 1.29 is 4.79 Å². The van der Waals surface area contributed by atoms with Gasteiger partial charge in [-0.15, -0.1) is 0 Å². The first-order valence-electron chi connectivity index (χ1n) is 8.83. The Hall–Kier alpha value is -0.830. The maximum absolute atomic E-state index is 12.5. The average Bonchev–Trinajstić information content (AvgIpc) is 2.50. The van der Waals surface area contributed by atoms with Crippen molar-refractivity contribution in [2.45, 2.75) is 76.7 Å². The van der Waals surface area contributed by atoms with Gasteiger partial charge < -0.3 is 5.32 Å². The van der Waals surface area contributed by atoms with E-state index in [0.717, 1.165) is 22.9 Å². The van der Waals surface area contributed by atoms with Gasteiger partial charge in [0, 0.05) is 10.5 Å². The van der Waals surface area contributed by atoms with Crippen LogP contribution in [-0.2, 0) is 0 Å². The second-order valence-corrected chi connectivity index (χ2v) is 7.26. The monoisotopic (exact) mass is 365 g/mol. The zero-order chi connectivity index (χ0) is 15.6. The summed E-state index contributed by atoms with van der Waals surface area (Å²) in [5, 5.41) is 3.26. The SMILES string of the molecule is O=C(NC1CCCCCCCCCCC1)c1ccccc1Br. The quantitative estimate of drug-likeness (QED) is 0.699. The zero-order valence-electron chi connectivity index (χ0n) is 13.5. The van der Waals surface area contributed by atoms with Gasteiger partial charge in [0.15, 0.2) is 0 Å². The Labute approximate surface area is 143 Å². The van der Waals surface area contributed by atoms with E-state index in [0.29, 0.717) is 6.04 Å². The van der Waals surface area contributed by atoms with Crippen LogP contribution in [0.1, 0.15) is 81.0 Å². The third-order valence-electron chi connectivity index (χ3n) is 4.56. The highest BCUT2D eigenvalue weighted by Crippen LogP contribution is 2.19. The van der Waals surface area contributed by atoms with E-state index in [1.54, 1.807) is 0 Å². The molecule has 1 aromatic carbocycles. The number of amides is 1. The Bertz CT molecular complexity index is 449. The van der Waals surface area contributed by atoms with E-state index in [9.17, 15) is 4.79 Å². The van der Waals surface area contributed by atoms with E-state index in [4.69, 9.17) is 0 Å². The van der Waals surface area contributed by atoms with Crippen molar-refractivity contribution in [3.8, 4) is 0 Å². The fourth-order valence-corrected chi connectivity index (χ4v) is 3.68. The van der Waals surface area contributed by atoms with Gasteiger partial charge in [0.05, 0.1) is 5.56 Å². The van der Waals surface area contributed by atoms with E-state index in [2.05, 4.69) is 21.2 Å². The summed E-state index contributed by atoms with van der Waals surface area (Å²) in [4.78, 5) is 12.5. The second-order valence-electron chi connectivity index (χ2n) is 6.41. The molecule has 0 aromatic heterocycles. The Morgan fingerprint density at radius 1 is 0.864 bits per heavy atom. The molecule has 1 fully saturated rings. The van der Waals surface area contributed by atoms with Crippen molar-refractivity contribution >= 4 is 21.8 Å². The number of carbonyl (C=O) groups is 1. The molecule has 122 valence electrons. The lowest BCUT2D eigenvalue weighted by molar-refractivity contribution is 0.0930. The molecule has 0 radical (unpaired) electrons. The lowest BCUT2D eigenvalue weighted by atomic mass is 9.97. The Balaban J connectivity index is 1.89. The summed E-state index contributed by atoms with van der Waals surface area (Å²) in [6.45, 7) is 0. The molecule has 1 N–H and O–H groups in total. The summed E-state index contributed by atoms with van der Waals surface area (Å²) in [6.07, 6.45) is 14.2. The number of nitrogens with one attached hydrogen (secondary N) is 1. The van der Waals surface area contributed by atoms with Crippen molar-refractivity contribution in [1.29, 1.82) is 0 Å². The maximum Gasteiger partial charge on any atom is 0.252 e. The minimum absolute atomic E-state index is 0.0598. The van der Waals surface area contributed by atoms with E-state index in [-0.39, 0.29) is 5.91 Å². The average molecular weight is 366 g/mol. The normalized spacial score (nSPS) is 19.0. The van der Waals surface area contributed by atoms with Crippen molar-refractivity contribution in [2.75, 3.05) is 0 Å². The predicted molar refractivity (Wildman–Crippen MR) is 96.2 cm³/mol. The summed E-state index contributed by atoms with van der Waals surface area (Å²) in [5.74, 6) is 0.0598. The first-order valence-corrected chi connectivity index (χ1v) is 9.62. The Morgan fingerprint density at radius 3 is 1.91 bits per heavy atom. The van der Waals surface area contributed by atoms with E-state index in [1.807, 2.05) is 24.3 Å². The Morgan fingerprint density at radius 2 is 1.36 bits per heavy atom. The van der Waals surface area contributed by atoms with E-state index < -0.39 is 0 Å². The van der Waals surface area contributed by atoms with Gasteiger partial charge in [0.1, 0.15) is 0 Å². The van der Waals surface area contributed by atoms with Gasteiger partial charge in [0.2, 0.25) is 0 Å². The lowest BCUT2D eigenvalue weighted by Crippen LogP contribution is -2.35. The van der Waals surface area contributed by atoms with Crippen LogP contribution in [0.5, 0.6) is 0 Å². The third kappa shape index (κ3) is 6.12. The molecule has 0 spiro atoms. The van der Waals surface area contributed by atoms with Gasteiger partial charge in [-0.05, 0) is 40.9 Å². The smallest absolute Gasteiger partial charge is 0.252 e. The molecule has 1 aliphatic carbocycles. The molecule has 1 saturated carbocycles. The van der Waals surface area contributed by atoms with Crippen LogP contribution in [-0.4, -0.2) is 11.9 Å². The van der Waals surface area contributed by atoms with Crippen LogP contribution in [0.25, 0.3) is 0 Å². The minimum Gasteiger partial charge on any atom is -0.349 e. The summed E-state index contributed by atoms with van der Waals surface area (Å²) in [7, 11) is 0. The minimum atomic E-state index is 0.0598. The first-order chi connectivity index (χ1) is 10.8. The molecule has 0 aliphatic heterocycles. The molecule has 0 heterocycles. The number of hydrogen-bond donors (Lipinski definition) is 1. The molecule has 1 aromatic rings. The number of hydrogen-bond acceptors (Lipinski definition) is 1. The van der Waals surface area contributed by atoms with Crippen LogP contribution in [0.3, 0.4) is 0 Å². The van der Waals surface area contributed by atoms with Crippen molar-refractivity contribution in [3.05, 3.63) is 34.3 Å². The molecule has 1 aliphatic rings. The van der Waals surface area contributed by atoms with Crippen LogP contribution in [0.2, 0.25) is 0 Å². The molecular formula is C19H28BrNO. The summed E-state index contributed by atoms with van der Waals surface area (Å²) in [6, 6.07) is 8.00. The highest BCUT2D eigenvalue weighted by molar-refractivity contribution is 9.10. The van der Waals surface area contributed by atoms with Crippen molar-refractivity contribution in [3.63, 3.8) is 0 Å².